The molecule has 3 aromatic heterocycles. The number of fused-ring (bicyclic) bond motifs is 2. The second kappa shape index (κ2) is 6.22. The molecule has 24 heavy (non-hydrogen) atoms. The van der Waals surface area contributed by atoms with E-state index < -0.39 is 0 Å². The summed E-state index contributed by atoms with van der Waals surface area (Å²) in [5, 5.41) is 4.10. The first-order chi connectivity index (χ1) is 11.7. The van der Waals surface area contributed by atoms with E-state index in [1.807, 2.05) is 47.1 Å². The van der Waals surface area contributed by atoms with Crippen molar-refractivity contribution in [1.29, 1.82) is 0 Å². The summed E-state index contributed by atoms with van der Waals surface area (Å²) in [5.74, 6) is 0.796. The van der Waals surface area contributed by atoms with Gasteiger partial charge in [0, 0.05) is 24.1 Å². The number of nitrogens with zero attached hydrogens (tertiary/aromatic N) is 3. The average molecular weight is 357 g/mol. The van der Waals surface area contributed by atoms with E-state index in [0.717, 1.165) is 21.6 Å². The van der Waals surface area contributed by atoms with Crippen molar-refractivity contribution in [2.75, 3.05) is 5.32 Å². The third-order valence-electron chi connectivity index (χ3n) is 3.69. The molecule has 0 unspecified atom stereocenters. The van der Waals surface area contributed by atoms with Crippen LogP contribution in [0.25, 0.3) is 15.7 Å². The molecule has 0 fully saturated rings. The number of nitrogens with one attached hydrogen (secondary N) is 1. The molecule has 0 atom stereocenters. The molecule has 7 heteroatoms. The molecule has 1 aromatic carbocycles. The van der Waals surface area contributed by atoms with Gasteiger partial charge in [-0.25, -0.2) is 9.97 Å². The van der Waals surface area contributed by atoms with Crippen LogP contribution in [0.1, 0.15) is 12.2 Å². The molecule has 0 aliphatic heterocycles. The zero-order valence-electron chi connectivity index (χ0n) is 12.6. The summed E-state index contributed by atoms with van der Waals surface area (Å²) < 4.78 is 2.95. The molecule has 0 saturated carbocycles. The lowest BCUT2D eigenvalue weighted by molar-refractivity contribution is -0.116. The maximum atomic E-state index is 12.2. The number of benzene rings is 1. The fourth-order valence-electron chi connectivity index (χ4n) is 2.54. The van der Waals surface area contributed by atoms with E-state index in [1.54, 1.807) is 6.07 Å². The van der Waals surface area contributed by atoms with Gasteiger partial charge in [0.15, 0.2) is 5.13 Å². The number of aromatic nitrogens is 3. The van der Waals surface area contributed by atoms with Crippen LogP contribution < -0.4 is 5.32 Å². The second-order valence-electron chi connectivity index (χ2n) is 5.35. The normalized spacial score (nSPS) is 11.2. The van der Waals surface area contributed by atoms with Gasteiger partial charge < -0.3 is 9.72 Å². The highest BCUT2D eigenvalue weighted by atomic mass is 35.5. The number of halogens is 1. The van der Waals surface area contributed by atoms with Crippen LogP contribution in [0.5, 0.6) is 0 Å². The molecule has 4 aromatic rings. The highest BCUT2D eigenvalue weighted by Gasteiger charge is 2.10. The van der Waals surface area contributed by atoms with Crippen LogP contribution in [0.3, 0.4) is 0 Å². The Kier molecular flexibility index (Phi) is 3.92. The van der Waals surface area contributed by atoms with Gasteiger partial charge in [0.05, 0.1) is 21.9 Å². The molecular weight excluding hydrogens is 344 g/mol. The minimum absolute atomic E-state index is 0.0761. The Morgan fingerprint density at radius 3 is 3.12 bits per heavy atom. The molecule has 4 rings (SSSR count). The highest BCUT2D eigenvalue weighted by Crippen LogP contribution is 2.28. The topological polar surface area (TPSA) is 59.3 Å². The molecule has 0 radical (unpaired) electrons. The van der Waals surface area contributed by atoms with E-state index in [-0.39, 0.29) is 5.91 Å². The summed E-state index contributed by atoms with van der Waals surface area (Å²) in [6.45, 7) is 0. The summed E-state index contributed by atoms with van der Waals surface area (Å²) in [5.41, 5.74) is 1.86. The van der Waals surface area contributed by atoms with Crippen molar-refractivity contribution in [2.24, 2.45) is 0 Å². The summed E-state index contributed by atoms with van der Waals surface area (Å²) >= 11 is 7.39. The molecule has 1 N–H and O–H groups in total. The number of imidazole rings is 1. The lowest BCUT2D eigenvalue weighted by Gasteiger charge is -2.02. The lowest BCUT2D eigenvalue weighted by Crippen LogP contribution is -2.12. The van der Waals surface area contributed by atoms with Crippen LogP contribution in [0, 0.1) is 0 Å². The molecule has 0 bridgehead atoms. The fourth-order valence-corrected chi connectivity index (χ4v) is 3.70. The third kappa shape index (κ3) is 2.98. The van der Waals surface area contributed by atoms with E-state index in [1.165, 1.54) is 11.3 Å². The number of amides is 1. The van der Waals surface area contributed by atoms with E-state index >= 15 is 0 Å². The van der Waals surface area contributed by atoms with E-state index in [4.69, 9.17) is 11.6 Å². The Bertz CT molecular complexity index is 1040. The second-order valence-corrected chi connectivity index (χ2v) is 6.82. The fraction of sp³-hybridized carbons (Fsp3) is 0.118. The smallest absolute Gasteiger partial charge is 0.226 e. The van der Waals surface area contributed by atoms with Crippen LogP contribution in [0.2, 0.25) is 5.02 Å². The van der Waals surface area contributed by atoms with Crippen LogP contribution >= 0.6 is 22.9 Å². The molecule has 0 aliphatic rings. The first-order valence-corrected chi connectivity index (χ1v) is 8.65. The Labute approximate surface area is 146 Å². The average Bonchev–Trinajstić information content (AvgIpc) is 3.16. The number of hydrogen-bond donors (Lipinski definition) is 1. The van der Waals surface area contributed by atoms with Crippen molar-refractivity contribution in [3.05, 3.63) is 59.6 Å². The summed E-state index contributed by atoms with van der Waals surface area (Å²) in [4.78, 5) is 20.9. The largest absolute Gasteiger partial charge is 0.304 e. The van der Waals surface area contributed by atoms with Gasteiger partial charge in [-0.05, 0) is 30.3 Å². The van der Waals surface area contributed by atoms with Crippen LogP contribution in [0.4, 0.5) is 5.13 Å². The molecule has 5 nitrogen and oxygen atoms in total. The lowest BCUT2D eigenvalue weighted by atomic mass is 10.3. The molecule has 1 amide bonds. The van der Waals surface area contributed by atoms with Gasteiger partial charge in [-0.2, -0.15) is 0 Å². The first kappa shape index (κ1) is 15.1. The first-order valence-electron chi connectivity index (χ1n) is 7.46. The van der Waals surface area contributed by atoms with Crippen molar-refractivity contribution in [3.8, 4) is 0 Å². The number of rotatable bonds is 4. The van der Waals surface area contributed by atoms with Crippen molar-refractivity contribution < 1.29 is 4.79 Å². The van der Waals surface area contributed by atoms with E-state index in [9.17, 15) is 4.79 Å². The highest BCUT2D eigenvalue weighted by molar-refractivity contribution is 7.22. The molecule has 3 heterocycles. The van der Waals surface area contributed by atoms with Crippen LogP contribution in [0.15, 0.2) is 48.8 Å². The Balaban J connectivity index is 1.44. The number of anilines is 1. The van der Waals surface area contributed by atoms with Gasteiger partial charge in [0.1, 0.15) is 5.82 Å². The molecule has 120 valence electrons. The number of carbonyl (C=O) groups excluding carboxylic acids is 1. The van der Waals surface area contributed by atoms with Gasteiger partial charge in [0.25, 0.3) is 0 Å². The molecule has 0 saturated heterocycles. The zero-order chi connectivity index (χ0) is 16.5. The predicted octanol–water partition coefficient (Wildman–Crippen LogP) is 4.17. The van der Waals surface area contributed by atoms with Crippen molar-refractivity contribution >= 4 is 49.7 Å². The van der Waals surface area contributed by atoms with Crippen molar-refractivity contribution in [2.45, 2.75) is 12.8 Å². The van der Waals surface area contributed by atoms with Crippen molar-refractivity contribution in [1.82, 2.24) is 14.4 Å². The van der Waals surface area contributed by atoms with E-state index in [2.05, 4.69) is 15.3 Å². The van der Waals surface area contributed by atoms with Gasteiger partial charge in [0.2, 0.25) is 5.91 Å². The summed E-state index contributed by atoms with van der Waals surface area (Å²) in [6, 6.07) is 11.4. The minimum Gasteiger partial charge on any atom is -0.304 e. The summed E-state index contributed by atoms with van der Waals surface area (Å²) in [6.07, 6.45) is 4.68. The Morgan fingerprint density at radius 2 is 2.21 bits per heavy atom. The molecule has 0 spiro atoms. The van der Waals surface area contributed by atoms with Crippen LogP contribution in [-0.4, -0.2) is 20.3 Å². The minimum atomic E-state index is -0.0761. The number of pyridine rings is 1. The number of carbonyl (C=O) groups is 1. The predicted molar refractivity (Wildman–Crippen MR) is 96.8 cm³/mol. The summed E-state index contributed by atoms with van der Waals surface area (Å²) in [7, 11) is 0. The van der Waals surface area contributed by atoms with Gasteiger partial charge in [-0.1, -0.05) is 29.0 Å². The quantitative estimate of drug-likeness (QED) is 0.597. The van der Waals surface area contributed by atoms with E-state index in [0.29, 0.717) is 23.0 Å². The maximum Gasteiger partial charge on any atom is 0.226 e. The molecular formula is C17H13ClN4OS. The SMILES string of the molecule is O=C(CCc1ncc2ccccn12)Nc1nc2ccc(Cl)cc2s1. The maximum absolute atomic E-state index is 12.2. The number of hydrogen-bond acceptors (Lipinski definition) is 4. The van der Waals surface area contributed by atoms with Gasteiger partial charge >= 0.3 is 0 Å². The zero-order valence-corrected chi connectivity index (χ0v) is 14.1. The van der Waals surface area contributed by atoms with Crippen molar-refractivity contribution in [3.63, 3.8) is 0 Å². The monoisotopic (exact) mass is 356 g/mol. The Morgan fingerprint density at radius 1 is 1.29 bits per heavy atom. The standard InChI is InChI=1S/C17H13ClN4OS/c18-11-4-5-13-14(9-11)24-17(20-13)21-16(23)7-6-15-19-10-12-3-1-2-8-22(12)15/h1-5,8-10H,6-7H2,(H,20,21,23). The van der Waals surface area contributed by atoms with Gasteiger partial charge in [-0.3, -0.25) is 4.79 Å². The number of aryl methyl sites for hydroxylation is 1. The number of thiazole rings is 1. The third-order valence-corrected chi connectivity index (χ3v) is 4.86. The molecule has 0 aliphatic carbocycles. The Hall–Kier alpha value is -2.44. The van der Waals surface area contributed by atoms with Gasteiger partial charge in [-0.15, -0.1) is 0 Å². The van der Waals surface area contributed by atoms with Crippen LogP contribution in [-0.2, 0) is 11.2 Å².